The van der Waals surface area contributed by atoms with Crippen LogP contribution in [0.2, 0.25) is 0 Å². The van der Waals surface area contributed by atoms with Crippen molar-refractivity contribution in [2.45, 2.75) is 0 Å². The molecule has 270 valence electrons. The number of fused-ring (bicyclic) bond motifs is 10. The average molecular weight is 755 g/mol. The average Bonchev–Trinajstić information content (AvgIpc) is 3.82. The molecule has 0 radical (unpaired) electrons. The molecule has 0 N–H and O–H groups in total. The molecule has 12 aromatic rings. The molecule has 0 aliphatic carbocycles. The lowest BCUT2D eigenvalue weighted by Gasteiger charge is -2.15. The van der Waals surface area contributed by atoms with Gasteiger partial charge in [0.15, 0.2) is 0 Å². The first kappa shape index (κ1) is 32.9. The molecule has 0 aliphatic heterocycles. The normalized spacial score (nSPS) is 11.8. The zero-order valence-electron chi connectivity index (χ0n) is 31.4. The largest absolute Gasteiger partial charge is 0.456 e. The topological polar surface area (TPSA) is 13.1 Å². The van der Waals surface area contributed by atoms with Gasteiger partial charge in [0.1, 0.15) is 11.2 Å². The molecule has 0 saturated carbocycles. The smallest absolute Gasteiger partial charge is 0.136 e. The Labute approximate surface area is 339 Å². The van der Waals surface area contributed by atoms with Gasteiger partial charge in [-0.3, -0.25) is 0 Å². The van der Waals surface area contributed by atoms with E-state index in [0.717, 1.165) is 16.6 Å². The van der Waals surface area contributed by atoms with Crippen LogP contribution in [-0.4, -0.2) is 0 Å². The fraction of sp³-hybridized carbons (Fsp3) is 0. The molecule has 0 unspecified atom stereocenters. The fourth-order valence-corrected chi connectivity index (χ4v) is 10.3. The van der Waals surface area contributed by atoms with Crippen LogP contribution >= 0.6 is 11.3 Å². The first-order chi connectivity index (χ1) is 28.7. The van der Waals surface area contributed by atoms with Gasteiger partial charge in [-0.05, 0) is 119 Å². The van der Waals surface area contributed by atoms with Crippen LogP contribution in [0, 0.1) is 0 Å². The van der Waals surface area contributed by atoms with Crippen LogP contribution < -0.4 is 0 Å². The van der Waals surface area contributed by atoms with Gasteiger partial charge >= 0.3 is 0 Å². The van der Waals surface area contributed by atoms with Crippen molar-refractivity contribution in [2.75, 3.05) is 0 Å². The van der Waals surface area contributed by atoms with E-state index in [1.54, 1.807) is 0 Å². The number of hydrogen-bond acceptors (Lipinski definition) is 2. The van der Waals surface area contributed by atoms with Gasteiger partial charge in [-0.25, -0.2) is 0 Å². The summed E-state index contributed by atoms with van der Waals surface area (Å²) < 4.78 is 8.88. The molecule has 58 heavy (non-hydrogen) atoms. The van der Waals surface area contributed by atoms with Crippen molar-refractivity contribution in [3.05, 3.63) is 206 Å². The predicted molar refractivity (Wildman–Crippen MR) is 251 cm³/mol. The second-order valence-electron chi connectivity index (χ2n) is 15.2. The van der Waals surface area contributed by atoms with Crippen molar-refractivity contribution in [3.8, 4) is 33.4 Å². The van der Waals surface area contributed by atoms with E-state index in [9.17, 15) is 0 Å². The molecule has 2 aromatic heterocycles. The summed E-state index contributed by atoms with van der Waals surface area (Å²) in [6.07, 6.45) is 0. The molecule has 12 rings (SSSR count). The fourth-order valence-electron chi connectivity index (χ4n) is 9.19. The molecule has 1 nitrogen and oxygen atoms in total. The van der Waals surface area contributed by atoms with Crippen molar-refractivity contribution >= 4 is 96.5 Å². The SMILES string of the molecule is c1cccc(-c2ccc(-c3ccc4sc5cc6cc7c(cc6cc5c4c3)oc3ccccc37)c3ccccc23)c2ccccc2c(-c2cccc3ccccc23)cc1. The van der Waals surface area contributed by atoms with Crippen molar-refractivity contribution < 1.29 is 4.42 Å². The number of furan rings is 1. The minimum absolute atomic E-state index is 0.931. The summed E-state index contributed by atoms with van der Waals surface area (Å²) in [4.78, 5) is 0. The van der Waals surface area contributed by atoms with Gasteiger partial charge in [-0.1, -0.05) is 164 Å². The Bertz CT molecular complexity index is 3690. The Morgan fingerprint density at radius 1 is 0.259 bits per heavy atom. The van der Waals surface area contributed by atoms with E-state index in [2.05, 4.69) is 200 Å². The first-order valence-electron chi connectivity index (χ1n) is 19.8. The van der Waals surface area contributed by atoms with E-state index in [1.807, 2.05) is 17.4 Å². The molecule has 0 fully saturated rings. The van der Waals surface area contributed by atoms with Crippen LogP contribution in [0.1, 0.15) is 0 Å². The molecular weight excluding hydrogens is 721 g/mol. The molecule has 10 aromatic carbocycles. The summed E-state index contributed by atoms with van der Waals surface area (Å²) >= 11 is 1.87. The highest BCUT2D eigenvalue weighted by atomic mass is 32.1. The standard InChI is InChI=1S/C56H34OS/c1-2-4-18-47(46-22-10-9-21-45(46)43(17-3-1)42-24-13-15-35-14-5-6-16-39(35)42)48-28-27-40(41-19-7-8-20-44(41)48)36-26-29-55-51(30-36)52-32-37-33-54-50(31-38(37)34-56(52)58-55)49-23-11-12-25-53(49)57-54/h1-34H. The van der Waals surface area contributed by atoms with Crippen molar-refractivity contribution in [2.24, 2.45) is 0 Å². The summed E-state index contributed by atoms with van der Waals surface area (Å²) in [6.45, 7) is 0. The van der Waals surface area contributed by atoms with Crippen LogP contribution in [0.25, 0.3) is 119 Å². The highest BCUT2D eigenvalue weighted by Crippen LogP contribution is 2.44. The van der Waals surface area contributed by atoms with E-state index in [0.29, 0.717) is 0 Å². The molecule has 0 aliphatic rings. The van der Waals surface area contributed by atoms with Gasteiger partial charge in [0.2, 0.25) is 0 Å². The monoisotopic (exact) mass is 754 g/mol. The van der Waals surface area contributed by atoms with E-state index in [4.69, 9.17) is 4.42 Å². The number of benzene rings is 9. The quantitative estimate of drug-likeness (QED) is 0.175. The molecule has 0 atom stereocenters. The third-order valence-corrected chi connectivity index (χ3v) is 13.0. The van der Waals surface area contributed by atoms with Crippen LogP contribution in [-0.2, 0) is 0 Å². The minimum Gasteiger partial charge on any atom is -0.456 e. The summed E-state index contributed by atoms with van der Waals surface area (Å²) in [5.74, 6) is 0. The van der Waals surface area contributed by atoms with E-state index >= 15 is 0 Å². The zero-order chi connectivity index (χ0) is 38.2. The maximum absolute atomic E-state index is 6.29. The third-order valence-electron chi connectivity index (χ3n) is 11.9. The number of thiophene rings is 1. The van der Waals surface area contributed by atoms with E-state index in [1.165, 1.54) is 102 Å². The zero-order valence-corrected chi connectivity index (χ0v) is 32.3. The van der Waals surface area contributed by atoms with Gasteiger partial charge < -0.3 is 4.42 Å². The number of para-hydroxylation sites is 1. The van der Waals surface area contributed by atoms with Gasteiger partial charge in [0.25, 0.3) is 0 Å². The second kappa shape index (κ2) is 13.2. The van der Waals surface area contributed by atoms with Crippen LogP contribution in [0.3, 0.4) is 0 Å². The highest BCUT2D eigenvalue weighted by Gasteiger charge is 2.16. The Kier molecular flexibility index (Phi) is 7.47. The molecule has 0 amide bonds. The molecule has 0 spiro atoms. The lowest BCUT2D eigenvalue weighted by atomic mass is 9.89. The third kappa shape index (κ3) is 5.23. The van der Waals surface area contributed by atoms with Crippen LogP contribution in [0.4, 0.5) is 0 Å². The first-order valence-corrected chi connectivity index (χ1v) is 20.6. The molecule has 2 heterocycles. The Balaban J connectivity index is 1.05. The molecule has 0 saturated heterocycles. The summed E-state index contributed by atoms with van der Waals surface area (Å²) in [7, 11) is 0. The number of hydrogen-bond donors (Lipinski definition) is 0. The molecule has 0 bridgehead atoms. The van der Waals surface area contributed by atoms with Crippen molar-refractivity contribution in [3.63, 3.8) is 0 Å². The molecular formula is C56H34OS. The lowest BCUT2D eigenvalue weighted by Crippen LogP contribution is -1.88. The summed E-state index contributed by atoms with van der Waals surface area (Å²) in [6, 6.07) is 75.4. The van der Waals surface area contributed by atoms with Gasteiger partial charge in [-0.2, -0.15) is 0 Å². The van der Waals surface area contributed by atoms with Gasteiger partial charge in [0.05, 0.1) is 0 Å². The van der Waals surface area contributed by atoms with E-state index < -0.39 is 0 Å². The summed E-state index contributed by atoms with van der Waals surface area (Å²) in [5.41, 5.74) is 9.15. The predicted octanol–water partition coefficient (Wildman–Crippen LogP) is 16.7. The van der Waals surface area contributed by atoms with Crippen LogP contribution in [0.5, 0.6) is 0 Å². The lowest BCUT2D eigenvalue weighted by molar-refractivity contribution is 0.669. The second-order valence-corrected chi connectivity index (χ2v) is 16.2. The van der Waals surface area contributed by atoms with Gasteiger partial charge in [-0.15, -0.1) is 11.3 Å². The Morgan fingerprint density at radius 2 is 0.776 bits per heavy atom. The van der Waals surface area contributed by atoms with Gasteiger partial charge in [0, 0.05) is 30.9 Å². The van der Waals surface area contributed by atoms with Crippen molar-refractivity contribution in [1.82, 2.24) is 0 Å². The minimum atomic E-state index is 0.931. The molecule has 2 heteroatoms. The van der Waals surface area contributed by atoms with E-state index in [-0.39, 0.29) is 0 Å². The summed E-state index contributed by atoms with van der Waals surface area (Å²) in [5, 5.41) is 14.7. The Morgan fingerprint density at radius 3 is 1.53 bits per heavy atom. The highest BCUT2D eigenvalue weighted by molar-refractivity contribution is 7.25. The van der Waals surface area contributed by atoms with Crippen molar-refractivity contribution in [1.29, 1.82) is 0 Å². The maximum atomic E-state index is 6.29. The van der Waals surface area contributed by atoms with Crippen LogP contribution in [0.15, 0.2) is 211 Å². The Hall–Kier alpha value is -7.26. The number of rotatable bonds is 3. The maximum Gasteiger partial charge on any atom is 0.136 e.